The largest absolute Gasteiger partial charge is 0.382 e. The van der Waals surface area contributed by atoms with Crippen LogP contribution in [0.5, 0.6) is 0 Å². The van der Waals surface area contributed by atoms with Crippen LogP contribution < -0.4 is 11.0 Å². The van der Waals surface area contributed by atoms with E-state index in [2.05, 4.69) is 24.1 Å². The zero-order valence-corrected chi connectivity index (χ0v) is 12.4. The van der Waals surface area contributed by atoms with Gasteiger partial charge in [0.2, 0.25) is 0 Å². The first-order valence-electron chi connectivity index (χ1n) is 7.30. The van der Waals surface area contributed by atoms with Crippen LogP contribution in [0.2, 0.25) is 0 Å². The van der Waals surface area contributed by atoms with E-state index < -0.39 is 0 Å². The molecule has 1 aliphatic heterocycles. The summed E-state index contributed by atoms with van der Waals surface area (Å²) in [5.74, 6) is 0. The van der Waals surface area contributed by atoms with Crippen molar-refractivity contribution in [2.45, 2.75) is 38.3 Å². The van der Waals surface area contributed by atoms with Crippen LogP contribution in [0.1, 0.15) is 26.7 Å². The first-order valence-corrected chi connectivity index (χ1v) is 7.30. The van der Waals surface area contributed by atoms with Gasteiger partial charge in [-0.05, 0) is 51.0 Å². The van der Waals surface area contributed by atoms with Gasteiger partial charge in [-0.15, -0.1) is 0 Å². The molecule has 21 heavy (non-hydrogen) atoms. The number of nitrogens with one attached hydrogen (secondary N) is 2. The second-order valence-corrected chi connectivity index (χ2v) is 6.12. The van der Waals surface area contributed by atoms with E-state index in [9.17, 15) is 4.79 Å². The highest BCUT2D eigenvalue weighted by atomic mass is 16.5. The molecule has 3 rings (SSSR count). The van der Waals surface area contributed by atoms with Crippen LogP contribution >= 0.6 is 0 Å². The second-order valence-electron chi connectivity index (χ2n) is 6.12. The van der Waals surface area contributed by atoms with E-state index in [4.69, 9.17) is 4.74 Å². The number of nitrogens with zero attached hydrogens (tertiary/aromatic N) is 1. The monoisotopic (exact) mass is 287 g/mol. The minimum atomic E-state index is -0.123. The molecule has 0 aliphatic carbocycles. The molecule has 1 aromatic heterocycles. The maximum atomic E-state index is 11.6. The molecular weight excluding hydrogens is 266 g/mol. The molecule has 5 heteroatoms. The summed E-state index contributed by atoms with van der Waals surface area (Å²) >= 11 is 0. The van der Waals surface area contributed by atoms with Crippen molar-refractivity contribution in [3.63, 3.8) is 0 Å². The molecule has 1 aliphatic rings. The van der Waals surface area contributed by atoms with E-state index >= 15 is 0 Å². The van der Waals surface area contributed by atoms with Crippen LogP contribution in [0.4, 0.5) is 5.69 Å². The summed E-state index contributed by atoms with van der Waals surface area (Å²) in [6.45, 7) is 5.05. The number of anilines is 1. The zero-order valence-electron chi connectivity index (χ0n) is 12.4. The van der Waals surface area contributed by atoms with Gasteiger partial charge >= 0.3 is 5.69 Å². The molecule has 0 saturated carbocycles. The highest BCUT2D eigenvalue weighted by Crippen LogP contribution is 2.26. The number of hydrogen-bond donors (Lipinski definition) is 2. The Morgan fingerprint density at radius 2 is 2.10 bits per heavy atom. The number of aromatic nitrogens is 2. The van der Waals surface area contributed by atoms with Crippen molar-refractivity contribution in [1.29, 1.82) is 0 Å². The Balaban J connectivity index is 1.70. The van der Waals surface area contributed by atoms with Gasteiger partial charge in [0.1, 0.15) is 0 Å². The van der Waals surface area contributed by atoms with Crippen molar-refractivity contribution in [2.24, 2.45) is 0 Å². The molecule has 1 saturated heterocycles. The number of hydrogen-bond acceptors (Lipinski definition) is 3. The summed E-state index contributed by atoms with van der Waals surface area (Å²) in [6, 6.07) is 8.34. The third-order valence-electron chi connectivity index (χ3n) is 3.86. The highest BCUT2D eigenvalue weighted by Gasteiger charge is 2.28. The molecule has 1 aromatic carbocycles. The Hall–Kier alpha value is -2.01. The van der Waals surface area contributed by atoms with Gasteiger partial charge in [-0.2, -0.15) is 0 Å². The van der Waals surface area contributed by atoms with E-state index in [1.54, 1.807) is 17.0 Å². The molecule has 1 unspecified atom stereocenters. The molecule has 2 heterocycles. The van der Waals surface area contributed by atoms with Crippen molar-refractivity contribution in [3.05, 3.63) is 47.1 Å². The minimum absolute atomic E-state index is 0.0612. The van der Waals surface area contributed by atoms with E-state index in [1.165, 1.54) is 0 Å². The van der Waals surface area contributed by atoms with E-state index in [0.29, 0.717) is 6.04 Å². The number of aromatic amines is 1. The summed E-state index contributed by atoms with van der Waals surface area (Å²) < 4.78 is 7.32. The van der Waals surface area contributed by atoms with Crippen LogP contribution in [0.3, 0.4) is 0 Å². The lowest BCUT2D eigenvalue weighted by atomic mass is 9.94. The average molecular weight is 287 g/mol. The average Bonchev–Trinajstić information content (AvgIpc) is 2.85. The highest BCUT2D eigenvalue weighted by molar-refractivity contribution is 5.49. The predicted octanol–water partition coefficient (Wildman–Crippen LogP) is 2.54. The molecule has 1 fully saturated rings. The molecule has 2 N–H and O–H groups in total. The van der Waals surface area contributed by atoms with Crippen molar-refractivity contribution >= 4 is 5.69 Å². The van der Waals surface area contributed by atoms with E-state index in [0.717, 1.165) is 30.8 Å². The maximum Gasteiger partial charge on any atom is 0.330 e. The molecular formula is C16H21N3O2. The summed E-state index contributed by atoms with van der Waals surface area (Å²) in [5.41, 5.74) is 1.75. The van der Waals surface area contributed by atoms with Crippen molar-refractivity contribution in [2.75, 3.05) is 11.9 Å². The fourth-order valence-corrected chi connectivity index (χ4v) is 2.83. The van der Waals surface area contributed by atoms with Crippen LogP contribution in [-0.2, 0) is 4.74 Å². The van der Waals surface area contributed by atoms with Gasteiger partial charge in [-0.25, -0.2) is 4.79 Å². The quantitative estimate of drug-likeness (QED) is 0.912. The second kappa shape index (κ2) is 5.41. The third kappa shape index (κ3) is 3.19. The standard InChI is InChI=1S/C16H21N3O2/c1-16(2)11-13(7-10-21-16)18-12-3-5-14(6-4-12)19-9-8-17-15(19)20/h3-6,8-9,13,18H,7,10-11H2,1-2H3,(H,17,20). The van der Waals surface area contributed by atoms with E-state index in [-0.39, 0.29) is 11.3 Å². The van der Waals surface area contributed by atoms with Crippen molar-refractivity contribution in [3.8, 4) is 5.69 Å². The first kappa shape index (κ1) is 13.9. The summed E-state index contributed by atoms with van der Waals surface area (Å²) in [5, 5.41) is 3.55. The lowest BCUT2D eigenvalue weighted by Gasteiger charge is -2.36. The van der Waals surface area contributed by atoms with Gasteiger partial charge in [0.15, 0.2) is 0 Å². The Bertz CT molecular complexity index is 655. The van der Waals surface area contributed by atoms with Crippen LogP contribution in [0, 0.1) is 0 Å². The zero-order chi connectivity index (χ0) is 14.9. The normalized spacial score (nSPS) is 21.1. The molecule has 2 aromatic rings. The number of rotatable bonds is 3. The van der Waals surface area contributed by atoms with Gasteiger partial charge < -0.3 is 15.0 Å². The molecule has 1 atom stereocenters. The smallest absolute Gasteiger partial charge is 0.330 e. The van der Waals surface area contributed by atoms with Crippen molar-refractivity contribution in [1.82, 2.24) is 9.55 Å². The number of ether oxygens (including phenoxy) is 1. The fourth-order valence-electron chi connectivity index (χ4n) is 2.83. The lowest BCUT2D eigenvalue weighted by molar-refractivity contribution is -0.0553. The van der Waals surface area contributed by atoms with Gasteiger partial charge in [-0.1, -0.05) is 0 Å². The SMILES string of the molecule is CC1(C)CC(Nc2ccc(-n3cc[nH]c3=O)cc2)CCO1. The molecule has 0 spiro atoms. The topological polar surface area (TPSA) is 59.0 Å². The van der Waals surface area contributed by atoms with Crippen LogP contribution in [-0.4, -0.2) is 27.8 Å². The maximum absolute atomic E-state index is 11.6. The summed E-state index contributed by atoms with van der Waals surface area (Å²) in [4.78, 5) is 14.2. The molecule has 0 bridgehead atoms. The van der Waals surface area contributed by atoms with Gasteiger partial charge in [0.25, 0.3) is 0 Å². The fraction of sp³-hybridized carbons (Fsp3) is 0.438. The van der Waals surface area contributed by atoms with Crippen molar-refractivity contribution < 1.29 is 4.74 Å². The Morgan fingerprint density at radius 1 is 1.33 bits per heavy atom. The summed E-state index contributed by atoms with van der Waals surface area (Å²) in [6.07, 6.45) is 5.37. The van der Waals surface area contributed by atoms with Crippen LogP contribution in [0.15, 0.2) is 41.5 Å². The minimum Gasteiger partial charge on any atom is -0.382 e. The molecule has 0 radical (unpaired) electrons. The van der Waals surface area contributed by atoms with Gasteiger partial charge in [0, 0.05) is 30.7 Å². The Kier molecular flexibility index (Phi) is 3.59. The number of H-pyrrole nitrogens is 1. The first-order chi connectivity index (χ1) is 10.0. The summed E-state index contributed by atoms with van der Waals surface area (Å²) in [7, 11) is 0. The van der Waals surface area contributed by atoms with Gasteiger partial charge in [-0.3, -0.25) is 4.57 Å². The predicted molar refractivity (Wildman–Crippen MR) is 83.1 cm³/mol. The number of imidazole rings is 1. The number of benzene rings is 1. The van der Waals surface area contributed by atoms with Crippen LogP contribution in [0.25, 0.3) is 5.69 Å². The van der Waals surface area contributed by atoms with E-state index in [1.807, 2.05) is 24.3 Å². The lowest BCUT2D eigenvalue weighted by Crippen LogP contribution is -2.40. The Morgan fingerprint density at radius 3 is 2.71 bits per heavy atom. The molecule has 0 amide bonds. The van der Waals surface area contributed by atoms with Gasteiger partial charge in [0.05, 0.1) is 11.3 Å². The Labute approximate surface area is 124 Å². The molecule has 5 nitrogen and oxygen atoms in total. The molecule has 112 valence electrons. The third-order valence-corrected chi connectivity index (χ3v) is 3.86.